The van der Waals surface area contributed by atoms with Gasteiger partial charge in [0, 0.05) is 12.2 Å². The van der Waals surface area contributed by atoms with Crippen molar-refractivity contribution in [1.29, 1.82) is 0 Å². The molecule has 92 valence electrons. The van der Waals surface area contributed by atoms with Crippen LogP contribution in [0.1, 0.15) is 18.9 Å². The zero-order valence-electron chi connectivity index (χ0n) is 10.1. The number of hydrogen-bond donors (Lipinski definition) is 1. The fraction of sp³-hybridized carbons (Fsp3) is 0.462. The molecule has 2 aromatic rings. The monoisotopic (exact) mass is 267 g/mol. The van der Waals surface area contributed by atoms with Gasteiger partial charge in [0.1, 0.15) is 0 Å². The molecule has 0 aliphatic carbocycles. The molecule has 1 aromatic heterocycles. The Bertz CT molecular complexity index is 448. The van der Waals surface area contributed by atoms with E-state index in [0.29, 0.717) is 11.7 Å². The Hall–Kier alpha value is -0.580. The summed E-state index contributed by atoms with van der Waals surface area (Å²) in [6.45, 7) is 4.30. The van der Waals surface area contributed by atoms with E-state index in [2.05, 4.69) is 24.9 Å². The number of aromatic nitrogens is 1. The van der Waals surface area contributed by atoms with Gasteiger partial charge in [-0.25, -0.2) is 4.98 Å². The summed E-state index contributed by atoms with van der Waals surface area (Å²) in [6.07, 6.45) is 0.377. The second-order valence-corrected chi connectivity index (χ2v) is 7.04. The number of fused-ring (bicyclic) bond motifs is 1. The minimum Gasteiger partial charge on any atom is -0.392 e. The average molecular weight is 267 g/mol. The van der Waals surface area contributed by atoms with Crippen LogP contribution >= 0.6 is 23.1 Å². The maximum absolute atomic E-state index is 9.92. The van der Waals surface area contributed by atoms with Gasteiger partial charge in [-0.1, -0.05) is 26.0 Å². The van der Waals surface area contributed by atoms with Crippen molar-refractivity contribution in [3.63, 3.8) is 0 Å². The highest BCUT2D eigenvalue weighted by molar-refractivity contribution is 7.99. The summed E-state index contributed by atoms with van der Waals surface area (Å²) < 4.78 is 1.20. The highest BCUT2D eigenvalue weighted by atomic mass is 32.2. The summed E-state index contributed by atoms with van der Waals surface area (Å²) in [5.74, 6) is 0.785. The molecule has 0 spiro atoms. The Labute approximate surface area is 110 Å². The predicted octanol–water partition coefficient (Wildman–Crippen LogP) is 3.34. The maximum atomic E-state index is 9.92. The third-order valence-electron chi connectivity index (χ3n) is 2.37. The van der Waals surface area contributed by atoms with Gasteiger partial charge in [-0.05, 0) is 17.4 Å². The molecule has 2 rings (SSSR count). The number of thiazole rings is 1. The van der Waals surface area contributed by atoms with Crippen LogP contribution in [0.5, 0.6) is 0 Å². The minimum atomic E-state index is -0.289. The molecule has 0 bridgehead atoms. The van der Waals surface area contributed by atoms with Gasteiger partial charge in [-0.3, -0.25) is 0 Å². The number of benzene rings is 1. The molecule has 2 nitrogen and oxygen atoms in total. The van der Waals surface area contributed by atoms with E-state index < -0.39 is 0 Å². The predicted molar refractivity (Wildman–Crippen MR) is 76.9 cm³/mol. The molecular formula is C13H17NOS2. The Morgan fingerprint density at radius 1 is 1.35 bits per heavy atom. The number of nitrogens with zero attached hydrogens (tertiary/aromatic N) is 1. The van der Waals surface area contributed by atoms with Crippen molar-refractivity contribution in [1.82, 2.24) is 4.98 Å². The second kappa shape index (κ2) is 5.85. The lowest BCUT2D eigenvalue weighted by Gasteiger charge is -2.09. The molecule has 0 fully saturated rings. The van der Waals surface area contributed by atoms with Gasteiger partial charge in [0.2, 0.25) is 0 Å². The van der Waals surface area contributed by atoms with E-state index in [1.54, 1.807) is 23.1 Å². The van der Waals surface area contributed by atoms with Crippen molar-refractivity contribution in [3.8, 4) is 0 Å². The lowest BCUT2D eigenvalue weighted by Crippen LogP contribution is -2.14. The summed E-state index contributed by atoms with van der Waals surface area (Å²) >= 11 is 3.47. The smallest absolute Gasteiger partial charge is 0.0964 e. The largest absolute Gasteiger partial charge is 0.392 e. The quantitative estimate of drug-likeness (QED) is 0.902. The van der Waals surface area contributed by atoms with E-state index in [9.17, 15) is 5.11 Å². The van der Waals surface area contributed by atoms with Crippen LogP contribution in [0.15, 0.2) is 24.3 Å². The number of hydrogen-bond acceptors (Lipinski definition) is 4. The molecule has 0 aliphatic rings. The lowest BCUT2D eigenvalue weighted by molar-refractivity contribution is 0.200. The molecule has 0 saturated carbocycles. The highest BCUT2D eigenvalue weighted by Gasteiger charge is 2.10. The molecule has 1 atom stereocenters. The zero-order chi connectivity index (χ0) is 12.3. The minimum absolute atomic E-state index is 0.289. The first kappa shape index (κ1) is 12.9. The van der Waals surface area contributed by atoms with E-state index in [1.807, 2.05) is 18.2 Å². The highest BCUT2D eigenvalue weighted by Crippen LogP contribution is 2.23. The molecule has 1 unspecified atom stereocenters. The fourth-order valence-electron chi connectivity index (χ4n) is 1.57. The summed E-state index contributed by atoms with van der Waals surface area (Å²) in [7, 11) is 0. The molecule has 0 radical (unpaired) electrons. The standard InChI is InChI=1S/C13H17NOS2/c1-9(2)16-8-10(15)7-13-14-11-5-3-4-6-12(11)17-13/h3-6,9-10,15H,7-8H2,1-2H3. The van der Waals surface area contributed by atoms with Crippen molar-refractivity contribution in [3.05, 3.63) is 29.3 Å². The van der Waals surface area contributed by atoms with Gasteiger partial charge in [-0.2, -0.15) is 11.8 Å². The van der Waals surface area contributed by atoms with Crippen molar-refractivity contribution in [2.75, 3.05) is 5.75 Å². The molecule has 0 amide bonds. The lowest BCUT2D eigenvalue weighted by atomic mass is 10.3. The molecule has 4 heteroatoms. The SMILES string of the molecule is CC(C)SCC(O)Cc1nc2ccccc2s1. The number of para-hydroxylation sites is 1. The van der Waals surface area contributed by atoms with Crippen LogP contribution in [0.3, 0.4) is 0 Å². The van der Waals surface area contributed by atoms with Gasteiger partial charge in [0.25, 0.3) is 0 Å². The van der Waals surface area contributed by atoms with Crippen LogP contribution in [0.4, 0.5) is 0 Å². The summed E-state index contributed by atoms with van der Waals surface area (Å²) in [4.78, 5) is 4.53. The van der Waals surface area contributed by atoms with Crippen LogP contribution in [-0.4, -0.2) is 27.2 Å². The van der Waals surface area contributed by atoms with Crippen molar-refractivity contribution in [2.24, 2.45) is 0 Å². The van der Waals surface area contributed by atoms with Crippen LogP contribution < -0.4 is 0 Å². The second-order valence-electron chi connectivity index (χ2n) is 4.32. The van der Waals surface area contributed by atoms with Crippen molar-refractivity contribution < 1.29 is 5.11 Å². The van der Waals surface area contributed by atoms with Gasteiger partial charge in [0.15, 0.2) is 0 Å². The molecule has 1 heterocycles. The molecular weight excluding hydrogens is 250 g/mol. The van der Waals surface area contributed by atoms with Gasteiger partial charge < -0.3 is 5.11 Å². The van der Waals surface area contributed by atoms with E-state index in [4.69, 9.17) is 0 Å². The Balaban J connectivity index is 1.98. The normalized spacial score (nSPS) is 13.4. The number of aliphatic hydroxyl groups is 1. The van der Waals surface area contributed by atoms with Gasteiger partial charge in [0.05, 0.1) is 21.3 Å². The van der Waals surface area contributed by atoms with E-state index >= 15 is 0 Å². The van der Waals surface area contributed by atoms with Crippen LogP contribution in [0, 0.1) is 0 Å². The van der Waals surface area contributed by atoms with Crippen LogP contribution in [-0.2, 0) is 6.42 Å². The Morgan fingerprint density at radius 2 is 2.12 bits per heavy atom. The van der Waals surface area contributed by atoms with E-state index in [-0.39, 0.29) is 6.10 Å². The van der Waals surface area contributed by atoms with Crippen LogP contribution in [0.2, 0.25) is 0 Å². The molecule has 1 N–H and O–H groups in total. The van der Waals surface area contributed by atoms with E-state index in [1.165, 1.54) is 4.70 Å². The first-order chi connectivity index (χ1) is 8.15. The number of aliphatic hydroxyl groups excluding tert-OH is 1. The van der Waals surface area contributed by atoms with Crippen molar-refractivity contribution in [2.45, 2.75) is 31.6 Å². The maximum Gasteiger partial charge on any atom is 0.0964 e. The fourth-order valence-corrected chi connectivity index (χ4v) is 3.33. The summed E-state index contributed by atoms with van der Waals surface area (Å²) in [5, 5.41) is 11.5. The number of thioether (sulfide) groups is 1. The van der Waals surface area contributed by atoms with Crippen molar-refractivity contribution >= 4 is 33.3 Å². The van der Waals surface area contributed by atoms with Gasteiger partial charge >= 0.3 is 0 Å². The Kier molecular flexibility index (Phi) is 4.42. The first-order valence-corrected chi connectivity index (χ1v) is 7.66. The molecule has 17 heavy (non-hydrogen) atoms. The first-order valence-electron chi connectivity index (χ1n) is 5.79. The number of rotatable bonds is 5. The Morgan fingerprint density at radius 3 is 2.82 bits per heavy atom. The molecule has 0 saturated heterocycles. The van der Waals surface area contributed by atoms with E-state index in [0.717, 1.165) is 16.3 Å². The topological polar surface area (TPSA) is 33.1 Å². The zero-order valence-corrected chi connectivity index (χ0v) is 11.7. The average Bonchev–Trinajstić information content (AvgIpc) is 2.68. The van der Waals surface area contributed by atoms with Gasteiger partial charge in [-0.15, -0.1) is 11.3 Å². The third-order valence-corrected chi connectivity index (χ3v) is 4.67. The summed E-state index contributed by atoms with van der Waals surface area (Å²) in [6, 6.07) is 8.11. The molecule has 0 aliphatic heterocycles. The van der Waals surface area contributed by atoms with Crippen LogP contribution in [0.25, 0.3) is 10.2 Å². The summed E-state index contributed by atoms with van der Waals surface area (Å²) in [5.41, 5.74) is 1.04. The molecule has 1 aromatic carbocycles. The third kappa shape index (κ3) is 3.69.